The Bertz CT molecular complexity index is 561. The number of aromatic nitrogens is 1. The molecule has 1 fully saturated rings. The van der Waals surface area contributed by atoms with Crippen molar-refractivity contribution in [2.24, 2.45) is 0 Å². The first kappa shape index (κ1) is 11.5. The molecule has 2 aromatic rings. The van der Waals surface area contributed by atoms with E-state index in [1.165, 1.54) is 0 Å². The van der Waals surface area contributed by atoms with E-state index in [1.807, 2.05) is 24.3 Å². The Labute approximate surface area is 107 Å². The molecule has 0 aliphatic carbocycles. The second kappa shape index (κ2) is 4.25. The molecule has 0 radical (unpaired) electrons. The molecule has 1 aliphatic rings. The van der Waals surface area contributed by atoms with Crippen LogP contribution in [0.1, 0.15) is 19.8 Å². The van der Waals surface area contributed by atoms with E-state index in [0.717, 1.165) is 29.6 Å². The number of fused-ring (bicyclic) bond motifs is 1. The van der Waals surface area contributed by atoms with Gasteiger partial charge in [0.25, 0.3) is 0 Å². The Kier molecular flexibility index (Phi) is 2.71. The summed E-state index contributed by atoms with van der Waals surface area (Å²) in [6.45, 7) is 3.51. The number of hydrogen-bond acceptors (Lipinski definition) is 3. The van der Waals surface area contributed by atoms with Crippen molar-refractivity contribution in [3.63, 3.8) is 0 Å². The van der Waals surface area contributed by atoms with Crippen LogP contribution in [0, 0.1) is 0 Å². The van der Waals surface area contributed by atoms with Gasteiger partial charge in [0.2, 0.25) is 0 Å². The molecule has 2 heterocycles. The van der Waals surface area contributed by atoms with E-state index in [4.69, 9.17) is 0 Å². The fraction of sp³-hybridized carbons (Fsp3) is 0.400. The molecule has 1 aromatic carbocycles. The molecule has 0 atom stereocenters. The molecular formula is C15H18N2O. The molecule has 0 saturated carbocycles. The van der Waals surface area contributed by atoms with Crippen LogP contribution in [0.5, 0.6) is 0 Å². The summed E-state index contributed by atoms with van der Waals surface area (Å²) in [6, 6.07) is 12.2. The van der Waals surface area contributed by atoms with Gasteiger partial charge in [-0.2, -0.15) is 0 Å². The third-order valence-electron chi connectivity index (χ3n) is 3.59. The van der Waals surface area contributed by atoms with E-state index in [9.17, 15) is 5.11 Å². The third kappa shape index (κ3) is 1.95. The maximum absolute atomic E-state index is 10.2. The van der Waals surface area contributed by atoms with Crippen molar-refractivity contribution >= 4 is 16.7 Å². The number of para-hydroxylation sites is 1. The number of β-amino-alcohol motifs (C(OH)–C–C–N with tert-alkyl or cyclic N) is 1. The smallest absolute Gasteiger partial charge is 0.129 e. The number of hydrogen-bond donors (Lipinski definition) is 1. The molecule has 94 valence electrons. The van der Waals surface area contributed by atoms with Gasteiger partial charge in [0.1, 0.15) is 5.82 Å². The molecule has 3 heteroatoms. The highest BCUT2D eigenvalue weighted by molar-refractivity contribution is 5.80. The maximum atomic E-state index is 10.2. The lowest BCUT2D eigenvalue weighted by molar-refractivity contribution is 0.00298. The quantitative estimate of drug-likeness (QED) is 0.898. The zero-order valence-electron chi connectivity index (χ0n) is 10.6. The summed E-state index contributed by atoms with van der Waals surface area (Å²) in [5.41, 5.74) is 0.517. The van der Waals surface area contributed by atoms with Gasteiger partial charge in [-0.25, -0.2) is 4.98 Å². The largest absolute Gasteiger partial charge is 0.386 e. The SMILES string of the molecule is CCCC1(O)CN(c2ccc3ccccc3n2)C1. The Morgan fingerprint density at radius 3 is 2.78 bits per heavy atom. The zero-order valence-corrected chi connectivity index (χ0v) is 10.6. The standard InChI is InChI=1S/C15H18N2O/c1-2-9-15(18)10-17(11-15)14-8-7-12-5-3-4-6-13(12)16-14/h3-8,18H,2,9-11H2,1H3. The van der Waals surface area contributed by atoms with Gasteiger partial charge in [-0.05, 0) is 24.6 Å². The first-order chi connectivity index (χ1) is 8.70. The molecule has 1 aliphatic heterocycles. The van der Waals surface area contributed by atoms with E-state index in [2.05, 4.69) is 28.9 Å². The van der Waals surface area contributed by atoms with Crippen molar-refractivity contribution in [3.05, 3.63) is 36.4 Å². The summed E-state index contributed by atoms with van der Waals surface area (Å²) in [7, 11) is 0. The lowest BCUT2D eigenvalue weighted by Gasteiger charge is -2.47. The highest BCUT2D eigenvalue weighted by Gasteiger charge is 2.40. The molecule has 0 spiro atoms. The second-order valence-electron chi connectivity index (χ2n) is 5.19. The van der Waals surface area contributed by atoms with E-state index >= 15 is 0 Å². The minimum absolute atomic E-state index is 0.498. The van der Waals surface area contributed by atoms with Gasteiger partial charge >= 0.3 is 0 Å². The van der Waals surface area contributed by atoms with Crippen molar-refractivity contribution in [1.29, 1.82) is 0 Å². The van der Waals surface area contributed by atoms with Crippen LogP contribution >= 0.6 is 0 Å². The minimum atomic E-state index is -0.498. The van der Waals surface area contributed by atoms with Gasteiger partial charge in [0.05, 0.1) is 11.1 Å². The maximum Gasteiger partial charge on any atom is 0.129 e. The number of pyridine rings is 1. The number of aliphatic hydroxyl groups is 1. The van der Waals surface area contributed by atoms with E-state index < -0.39 is 5.60 Å². The van der Waals surface area contributed by atoms with Gasteiger partial charge in [0, 0.05) is 18.5 Å². The van der Waals surface area contributed by atoms with Crippen LogP contribution in [0.3, 0.4) is 0 Å². The normalized spacial score (nSPS) is 17.8. The Hall–Kier alpha value is -1.61. The van der Waals surface area contributed by atoms with Gasteiger partial charge in [-0.1, -0.05) is 31.5 Å². The van der Waals surface area contributed by atoms with Crippen LogP contribution in [0.15, 0.2) is 36.4 Å². The number of rotatable bonds is 3. The van der Waals surface area contributed by atoms with Crippen LogP contribution in [0.2, 0.25) is 0 Å². The molecule has 1 saturated heterocycles. The van der Waals surface area contributed by atoms with Crippen LogP contribution in [-0.2, 0) is 0 Å². The Morgan fingerprint density at radius 2 is 2.00 bits per heavy atom. The summed E-state index contributed by atoms with van der Waals surface area (Å²) in [6.07, 6.45) is 1.90. The fourth-order valence-electron chi connectivity index (χ4n) is 2.68. The van der Waals surface area contributed by atoms with Crippen LogP contribution in [-0.4, -0.2) is 28.8 Å². The first-order valence-corrected chi connectivity index (χ1v) is 6.53. The number of anilines is 1. The van der Waals surface area contributed by atoms with Crippen molar-refractivity contribution in [2.45, 2.75) is 25.4 Å². The fourth-order valence-corrected chi connectivity index (χ4v) is 2.68. The van der Waals surface area contributed by atoms with Crippen molar-refractivity contribution in [3.8, 4) is 0 Å². The molecule has 1 N–H and O–H groups in total. The first-order valence-electron chi connectivity index (χ1n) is 6.53. The molecule has 18 heavy (non-hydrogen) atoms. The van der Waals surface area contributed by atoms with Crippen molar-refractivity contribution < 1.29 is 5.11 Å². The lowest BCUT2D eigenvalue weighted by atomic mass is 9.89. The predicted molar refractivity (Wildman–Crippen MR) is 73.8 cm³/mol. The predicted octanol–water partition coefficient (Wildman–Crippen LogP) is 2.59. The highest BCUT2D eigenvalue weighted by Crippen LogP contribution is 2.30. The molecule has 0 amide bonds. The van der Waals surface area contributed by atoms with E-state index in [1.54, 1.807) is 0 Å². The molecule has 0 unspecified atom stereocenters. The van der Waals surface area contributed by atoms with Crippen molar-refractivity contribution in [1.82, 2.24) is 4.98 Å². The van der Waals surface area contributed by atoms with E-state index in [0.29, 0.717) is 13.1 Å². The van der Waals surface area contributed by atoms with Crippen LogP contribution in [0.4, 0.5) is 5.82 Å². The van der Waals surface area contributed by atoms with Gasteiger partial charge in [-0.15, -0.1) is 0 Å². The van der Waals surface area contributed by atoms with Gasteiger partial charge < -0.3 is 10.0 Å². The van der Waals surface area contributed by atoms with Crippen LogP contribution < -0.4 is 4.90 Å². The molecule has 3 rings (SSSR count). The molecule has 1 aromatic heterocycles. The summed E-state index contributed by atoms with van der Waals surface area (Å²) in [4.78, 5) is 6.78. The molecule has 0 bridgehead atoms. The van der Waals surface area contributed by atoms with Crippen LogP contribution in [0.25, 0.3) is 10.9 Å². The minimum Gasteiger partial charge on any atom is -0.386 e. The van der Waals surface area contributed by atoms with Crippen molar-refractivity contribution in [2.75, 3.05) is 18.0 Å². The third-order valence-corrected chi connectivity index (χ3v) is 3.59. The lowest BCUT2D eigenvalue weighted by Crippen LogP contribution is -2.62. The number of benzene rings is 1. The average molecular weight is 242 g/mol. The van der Waals surface area contributed by atoms with Gasteiger partial charge in [-0.3, -0.25) is 0 Å². The summed E-state index contributed by atoms with van der Waals surface area (Å²) < 4.78 is 0. The molecule has 3 nitrogen and oxygen atoms in total. The van der Waals surface area contributed by atoms with Gasteiger partial charge in [0.15, 0.2) is 0 Å². The molecular weight excluding hydrogens is 224 g/mol. The zero-order chi connectivity index (χ0) is 12.6. The topological polar surface area (TPSA) is 36.4 Å². The second-order valence-corrected chi connectivity index (χ2v) is 5.19. The summed E-state index contributed by atoms with van der Waals surface area (Å²) in [5.74, 6) is 0.967. The van der Waals surface area contributed by atoms with E-state index in [-0.39, 0.29) is 0 Å². The summed E-state index contributed by atoms with van der Waals surface area (Å²) >= 11 is 0. The highest BCUT2D eigenvalue weighted by atomic mass is 16.3. The monoisotopic (exact) mass is 242 g/mol. The Morgan fingerprint density at radius 1 is 1.22 bits per heavy atom. The number of nitrogens with zero attached hydrogens (tertiary/aromatic N) is 2. The Balaban J connectivity index is 1.80. The average Bonchev–Trinajstić information content (AvgIpc) is 2.35. The summed E-state index contributed by atoms with van der Waals surface area (Å²) in [5, 5.41) is 11.3.